The van der Waals surface area contributed by atoms with Gasteiger partial charge >= 0.3 is 13.1 Å². The van der Waals surface area contributed by atoms with Crippen LogP contribution >= 0.6 is 24.8 Å². The van der Waals surface area contributed by atoms with E-state index in [2.05, 4.69) is 17.0 Å². The lowest BCUT2D eigenvalue weighted by Crippen LogP contribution is -2.50. The molecule has 0 amide bonds. The molecule has 1 heterocycles. The molecule has 1 unspecified atom stereocenters. The van der Waals surface area contributed by atoms with Crippen molar-refractivity contribution in [1.29, 1.82) is 0 Å². The number of carbonyl (C=O) groups is 1. The first-order valence-corrected chi connectivity index (χ1v) is 8.58. The summed E-state index contributed by atoms with van der Waals surface area (Å²) < 4.78 is 0. The smallest absolute Gasteiger partial charge is 0.451 e. The van der Waals surface area contributed by atoms with Crippen LogP contribution in [0, 0.1) is 0 Å². The average Bonchev–Trinajstić information content (AvgIpc) is 2.56. The number of nitrogens with zero attached hydrogens (tertiary/aromatic N) is 1. The summed E-state index contributed by atoms with van der Waals surface area (Å²) in [4.78, 5) is 13.8. The molecular weight excluding hydrogens is 378 g/mol. The van der Waals surface area contributed by atoms with Gasteiger partial charge in [0.15, 0.2) is 0 Å². The second-order valence-corrected chi connectivity index (χ2v) is 6.73. The molecule has 1 aliphatic heterocycles. The van der Waals surface area contributed by atoms with Gasteiger partial charge in [0.2, 0.25) is 0 Å². The molecule has 1 aromatic rings. The maximum absolute atomic E-state index is 11.6. The van der Waals surface area contributed by atoms with Gasteiger partial charge < -0.3 is 20.9 Å². The number of aliphatic carboxylic acids is 1. The molecule has 0 saturated carbocycles. The quantitative estimate of drug-likeness (QED) is 0.367. The zero-order valence-corrected chi connectivity index (χ0v) is 16.5. The summed E-state index contributed by atoms with van der Waals surface area (Å²) in [6.07, 6.45) is 3.10. The standard InChI is InChI=1S/C17H27BN2O4.2ClH/c19-17(16(21)22,8-3-4-10-18(23)24)9-12-20-11-7-14-5-1-2-6-15(14)13-20;;/h1-2,5-6,23-24H,3-4,7-13,19H2,(H,21,22);2*1H. The van der Waals surface area contributed by atoms with Crippen molar-refractivity contribution in [1.82, 2.24) is 4.90 Å². The number of hydrogen-bond acceptors (Lipinski definition) is 5. The first-order chi connectivity index (χ1) is 11.4. The molecule has 148 valence electrons. The third-order valence-electron chi connectivity index (χ3n) is 4.84. The van der Waals surface area contributed by atoms with Crippen LogP contribution in [-0.4, -0.2) is 51.8 Å². The molecule has 0 aromatic heterocycles. The number of halogens is 2. The number of nitrogens with two attached hydrogens (primary N) is 1. The van der Waals surface area contributed by atoms with Crippen molar-refractivity contribution < 1.29 is 19.9 Å². The summed E-state index contributed by atoms with van der Waals surface area (Å²) in [5.74, 6) is -0.982. The molecule has 0 radical (unpaired) electrons. The van der Waals surface area contributed by atoms with Gasteiger partial charge in [0.1, 0.15) is 5.54 Å². The summed E-state index contributed by atoms with van der Waals surface area (Å²) in [6.45, 7) is 2.41. The Morgan fingerprint density at radius 3 is 2.42 bits per heavy atom. The Kier molecular flexibility index (Phi) is 11.4. The van der Waals surface area contributed by atoms with Gasteiger partial charge in [-0.15, -0.1) is 24.8 Å². The van der Waals surface area contributed by atoms with Crippen LogP contribution in [0.3, 0.4) is 0 Å². The van der Waals surface area contributed by atoms with Gasteiger partial charge in [-0.05, 0) is 36.7 Å². The summed E-state index contributed by atoms with van der Waals surface area (Å²) in [5.41, 5.74) is 7.54. The second-order valence-electron chi connectivity index (χ2n) is 6.73. The minimum Gasteiger partial charge on any atom is -0.480 e. The van der Waals surface area contributed by atoms with Crippen LogP contribution in [0.5, 0.6) is 0 Å². The Bertz CT molecular complexity index is 565. The predicted molar refractivity (Wildman–Crippen MR) is 108 cm³/mol. The van der Waals surface area contributed by atoms with E-state index in [0.717, 1.165) is 19.5 Å². The zero-order chi connectivity index (χ0) is 17.6. The van der Waals surface area contributed by atoms with Crippen molar-refractivity contribution in [2.75, 3.05) is 13.1 Å². The largest absolute Gasteiger partial charge is 0.480 e. The number of benzene rings is 1. The van der Waals surface area contributed by atoms with Gasteiger partial charge in [-0.1, -0.05) is 37.1 Å². The molecule has 0 saturated heterocycles. The summed E-state index contributed by atoms with van der Waals surface area (Å²) in [7, 11) is -1.34. The summed E-state index contributed by atoms with van der Waals surface area (Å²) in [5, 5.41) is 27.2. The number of hydrogen-bond donors (Lipinski definition) is 4. The van der Waals surface area contributed by atoms with E-state index in [1.54, 1.807) is 0 Å². The Morgan fingerprint density at radius 2 is 1.81 bits per heavy atom. The van der Waals surface area contributed by atoms with Crippen molar-refractivity contribution in [3.05, 3.63) is 35.4 Å². The van der Waals surface area contributed by atoms with Crippen LogP contribution in [-0.2, 0) is 17.8 Å². The van der Waals surface area contributed by atoms with E-state index >= 15 is 0 Å². The first-order valence-electron chi connectivity index (χ1n) is 8.58. The molecular formula is C17H29BCl2N2O4. The van der Waals surface area contributed by atoms with Crippen LogP contribution in [0.4, 0.5) is 0 Å². The van der Waals surface area contributed by atoms with E-state index in [0.29, 0.717) is 32.2 Å². The van der Waals surface area contributed by atoms with Crippen molar-refractivity contribution in [3.8, 4) is 0 Å². The van der Waals surface area contributed by atoms with Crippen molar-refractivity contribution in [2.24, 2.45) is 5.73 Å². The Hall–Kier alpha value is -0.825. The lowest BCUT2D eigenvalue weighted by Gasteiger charge is -2.32. The van der Waals surface area contributed by atoms with Gasteiger partial charge in [-0.2, -0.15) is 0 Å². The molecule has 9 heteroatoms. The molecule has 26 heavy (non-hydrogen) atoms. The monoisotopic (exact) mass is 406 g/mol. The van der Waals surface area contributed by atoms with E-state index in [9.17, 15) is 9.90 Å². The molecule has 0 aliphatic carbocycles. The van der Waals surface area contributed by atoms with E-state index < -0.39 is 18.6 Å². The highest BCUT2D eigenvalue weighted by molar-refractivity contribution is 6.40. The lowest BCUT2D eigenvalue weighted by atomic mass is 9.81. The van der Waals surface area contributed by atoms with E-state index in [-0.39, 0.29) is 31.1 Å². The molecule has 5 N–H and O–H groups in total. The van der Waals surface area contributed by atoms with Crippen LogP contribution in [0.15, 0.2) is 24.3 Å². The molecule has 0 spiro atoms. The second kappa shape index (κ2) is 11.8. The van der Waals surface area contributed by atoms with Crippen LogP contribution < -0.4 is 5.73 Å². The van der Waals surface area contributed by atoms with E-state index in [1.807, 2.05) is 12.1 Å². The highest BCUT2D eigenvalue weighted by atomic mass is 35.5. The SMILES string of the molecule is Cl.Cl.NC(CCCCB(O)O)(CCN1CCc2ccccc2C1)C(=O)O. The Balaban J connectivity index is 0.00000312. The molecule has 0 fully saturated rings. The number of fused-ring (bicyclic) bond motifs is 1. The highest BCUT2D eigenvalue weighted by Gasteiger charge is 2.34. The van der Waals surface area contributed by atoms with E-state index in [4.69, 9.17) is 15.8 Å². The molecule has 0 bridgehead atoms. The number of carboxylic acid groups (broad SMARTS) is 1. The molecule has 1 atom stereocenters. The van der Waals surface area contributed by atoms with Crippen molar-refractivity contribution >= 4 is 37.9 Å². The number of unbranched alkanes of at least 4 members (excludes halogenated alkanes) is 1. The Morgan fingerprint density at radius 1 is 1.15 bits per heavy atom. The fourth-order valence-corrected chi connectivity index (χ4v) is 3.21. The summed E-state index contributed by atoms with van der Waals surface area (Å²) in [6, 6.07) is 8.34. The normalized spacial score (nSPS) is 15.8. The van der Waals surface area contributed by atoms with Gasteiger partial charge in [-0.3, -0.25) is 9.69 Å². The average molecular weight is 407 g/mol. The van der Waals surface area contributed by atoms with Crippen molar-refractivity contribution in [3.63, 3.8) is 0 Å². The van der Waals surface area contributed by atoms with Gasteiger partial charge in [-0.25, -0.2) is 0 Å². The van der Waals surface area contributed by atoms with E-state index in [1.165, 1.54) is 11.1 Å². The number of carboxylic acids is 1. The molecule has 1 aliphatic rings. The topological polar surface area (TPSA) is 107 Å². The minimum atomic E-state index is -1.34. The zero-order valence-electron chi connectivity index (χ0n) is 14.8. The van der Waals surface area contributed by atoms with Crippen LogP contribution in [0.2, 0.25) is 6.32 Å². The molecule has 2 rings (SSSR count). The predicted octanol–water partition coefficient (Wildman–Crippen LogP) is 1.70. The van der Waals surface area contributed by atoms with Gasteiger partial charge in [0.05, 0.1) is 0 Å². The minimum absolute atomic E-state index is 0. The summed E-state index contributed by atoms with van der Waals surface area (Å²) >= 11 is 0. The maximum atomic E-state index is 11.6. The van der Waals surface area contributed by atoms with Crippen LogP contribution in [0.1, 0.15) is 36.8 Å². The maximum Gasteiger partial charge on any atom is 0.451 e. The fraction of sp³-hybridized carbons (Fsp3) is 0.588. The highest BCUT2D eigenvalue weighted by Crippen LogP contribution is 2.22. The van der Waals surface area contributed by atoms with Crippen molar-refractivity contribution in [2.45, 2.75) is 50.5 Å². The van der Waals surface area contributed by atoms with Gasteiger partial charge in [0, 0.05) is 19.6 Å². The lowest BCUT2D eigenvalue weighted by molar-refractivity contribution is -0.144. The molecule has 1 aromatic carbocycles. The fourth-order valence-electron chi connectivity index (χ4n) is 3.21. The molecule has 6 nitrogen and oxygen atoms in total. The first kappa shape index (κ1) is 25.2. The van der Waals surface area contributed by atoms with Gasteiger partial charge in [0.25, 0.3) is 0 Å². The third-order valence-corrected chi connectivity index (χ3v) is 4.84. The third kappa shape index (κ3) is 7.43. The number of rotatable bonds is 9. The van der Waals surface area contributed by atoms with Crippen LogP contribution in [0.25, 0.3) is 0 Å². The Labute approximate surface area is 167 Å².